The summed E-state index contributed by atoms with van der Waals surface area (Å²) in [5.74, 6) is 1.71. The summed E-state index contributed by atoms with van der Waals surface area (Å²) in [7, 11) is 0. The van der Waals surface area contributed by atoms with Gasteiger partial charge >= 0.3 is 0 Å². The largest absolute Gasteiger partial charge is 0.505 e. The van der Waals surface area contributed by atoms with Crippen molar-refractivity contribution in [1.29, 1.82) is 0 Å². The molecule has 4 aliphatic carbocycles. The van der Waals surface area contributed by atoms with E-state index in [2.05, 4.69) is 39.2 Å². The molecule has 2 heterocycles. The normalized spacial score (nSPS) is 21.7. The first-order valence-electron chi connectivity index (χ1n) is 23.9. The average molecular weight is 843 g/mol. The number of hydrogen-bond donors (Lipinski definition) is 2. The lowest BCUT2D eigenvalue weighted by atomic mass is 9.80. The maximum Gasteiger partial charge on any atom is 0.149 e. The Morgan fingerprint density at radius 1 is 0.508 bits per heavy atom. The van der Waals surface area contributed by atoms with Gasteiger partial charge in [0.05, 0.1) is 12.2 Å². The molecule has 8 rings (SSSR count). The predicted molar refractivity (Wildman–Crippen MR) is 259 cm³/mol. The Morgan fingerprint density at radius 2 is 0.921 bits per heavy atom. The zero-order valence-electron chi connectivity index (χ0n) is 37.7. The molecule has 0 spiro atoms. The number of aromatic nitrogens is 2. The highest BCUT2D eigenvalue weighted by Gasteiger charge is 2.27. The van der Waals surface area contributed by atoms with Crippen LogP contribution in [0.3, 0.4) is 0 Å². The Kier molecular flexibility index (Phi) is 14.5. The summed E-state index contributed by atoms with van der Waals surface area (Å²) < 4.78 is 13.4. The fourth-order valence-electron chi connectivity index (χ4n) is 10.3. The van der Waals surface area contributed by atoms with Crippen molar-refractivity contribution in [3.05, 3.63) is 143 Å². The summed E-state index contributed by atoms with van der Waals surface area (Å²) in [6.07, 6.45) is 28.3. The van der Waals surface area contributed by atoms with Crippen LogP contribution in [0.25, 0.3) is 33.4 Å². The van der Waals surface area contributed by atoms with Crippen molar-refractivity contribution in [2.75, 3.05) is 0 Å². The van der Waals surface area contributed by atoms with Crippen LogP contribution in [0.2, 0.25) is 0 Å². The van der Waals surface area contributed by atoms with Crippen LogP contribution in [0.15, 0.2) is 132 Å². The molecule has 4 aromatic rings. The van der Waals surface area contributed by atoms with E-state index in [0.717, 1.165) is 110 Å². The Hall–Kier alpha value is -5.62. The Labute approximate surface area is 375 Å². The van der Waals surface area contributed by atoms with Gasteiger partial charge in [0.15, 0.2) is 0 Å². The summed E-state index contributed by atoms with van der Waals surface area (Å²) in [6.45, 7) is 13.3. The molecule has 0 radical (unpaired) electrons. The zero-order chi connectivity index (χ0) is 43.7. The molecule has 0 saturated heterocycles. The third kappa shape index (κ3) is 10.1. The number of para-hydroxylation sites is 2. The van der Waals surface area contributed by atoms with E-state index >= 15 is 0 Å². The third-order valence-corrected chi connectivity index (χ3v) is 13.5. The lowest BCUT2D eigenvalue weighted by Gasteiger charge is -2.26. The van der Waals surface area contributed by atoms with Crippen molar-refractivity contribution in [1.82, 2.24) is 9.97 Å². The summed E-state index contributed by atoms with van der Waals surface area (Å²) in [5, 5.41) is 24.3. The smallest absolute Gasteiger partial charge is 0.149 e. The highest BCUT2D eigenvalue weighted by Crippen LogP contribution is 2.47. The van der Waals surface area contributed by atoms with E-state index < -0.39 is 0 Å². The van der Waals surface area contributed by atoms with E-state index in [9.17, 15) is 10.2 Å². The molecule has 2 aromatic heterocycles. The molecule has 4 aliphatic rings. The van der Waals surface area contributed by atoms with Gasteiger partial charge in [-0.2, -0.15) is 0 Å². The monoisotopic (exact) mass is 843 g/mol. The maximum absolute atomic E-state index is 12.1. The zero-order valence-corrected chi connectivity index (χ0v) is 37.7. The fourth-order valence-corrected chi connectivity index (χ4v) is 10.3. The Morgan fingerprint density at radius 3 is 1.38 bits per heavy atom. The third-order valence-electron chi connectivity index (χ3n) is 13.5. The van der Waals surface area contributed by atoms with Gasteiger partial charge in [-0.15, -0.1) is 0 Å². The molecular weight excluding hydrogens is 777 g/mol. The van der Waals surface area contributed by atoms with Gasteiger partial charge in [0, 0.05) is 52.2 Å². The quantitative estimate of drug-likeness (QED) is 0.165. The van der Waals surface area contributed by atoms with Gasteiger partial charge in [0.1, 0.15) is 34.4 Å². The fraction of sp³-hybridized carbons (Fsp3) is 0.404. The first-order valence-corrected chi connectivity index (χ1v) is 23.9. The molecular formula is C57H66N2O4. The SMILES string of the molecule is C=C1CCCCC/C=C2/CCCCC2=C1c1nccc(-c2ccccc2OC(C)C[C@H](C)Oc2ccccc2-c2ccnc(/C3=C4\CCCC\C4=C\CCCCCC3=C)c2O)c1O. The van der Waals surface area contributed by atoms with Crippen LogP contribution in [0.4, 0.5) is 0 Å². The highest BCUT2D eigenvalue weighted by atomic mass is 16.5. The van der Waals surface area contributed by atoms with Gasteiger partial charge in [-0.25, -0.2) is 0 Å². The number of nitrogens with zero attached hydrogens (tertiary/aromatic N) is 2. The van der Waals surface area contributed by atoms with Crippen molar-refractivity contribution < 1.29 is 19.7 Å². The average Bonchev–Trinajstić information content (AvgIpc) is 3.28. The van der Waals surface area contributed by atoms with E-state index in [0.29, 0.717) is 40.4 Å². The van der Waals surface area contributed by atoms with E-state index in [1.807, 2.05) is 73.1 Å². The number of pyridine rings is 2. The number of allylic oxidation sites excluding steroid dienone is 10. The molecule has 2 N–H and O–H groups in total. The molecule has 6 nitrogen and oxygen atoms in total. The molecule has 6 heteroatoms. The van der Waals surface area contributed by atoms with Crippen LogP contribution in [-0.4, -0.2) is 32.4 Å². The molecule has 1 unspecified atom stereocenters. The summed E-state index contributed by atoms with van der Waals surface area (Å²) in [5.41, 5.74) is 13.8. The van der Waals surface area contributed by atoms with Gasteiger partial charge in [0.2, 0.25) is 0 Å². The van der Waals surface area contributed by atoms with Gasteiger partial charge in [-0.05, 0) is 174 Å². The number of rotatable bonds is 10. The second kappa shape index (κ2) is 20.7. The molecule has 2 fully saturated rings. The molecule has 0 aliphatic heterocycles. The standard InChI is InChI=1S/C57H66N2O4/c1-38-21-9-5-7-11-23-42-25-13-15-27-44(42)52(38)54-56(60)48(33-35-58-54)46-29-17-19-31-50(46)62-40(3)37-41(4)63-51-32-20-18-30-47(51)49-34-36-59-55(57(49)61)53-39(2)22-10-6-8-12-24-43-26-14-16-28-45(43)53/h17-20,23-24,29-36,40-41,60-61H,1-2,5-16,21-22,25-28,37H2,3-4H3/b42-23-,43-24-,52-44+,53-45?/t40-,41?/m0/s1. The van der Waals surface area contributed by atoms with Gasteiger partial charge in [-0.1, -0.05) is 74.5 Å². The maximum atomic E-state index is 12.1. The second-order valence-electron chi connectivity index (χ2n) is 18.2. The lowest BCUT2D eigenvalue weighted by molar-refractivity contribution is 0.131. The van der Waals surface area contributed by atoms with Crippen LogP contribution in [0, 0.1) is 0 Å². The predicted octanol–water partition coefficient (Wildman–Crippen LogP) is 15.4. The molecule has 63 heavy (non-hydrogen) atoms. The minimum atomic E-state index is -0.222. The van der Waals surface area contributed by atoms with E-state index in [1.54, 1.807) is 0 Å². The molecule has 0 bridgehead atoms. The van der Waals surface area contributed by atoms with Crippen molar-refractivity contribution in [2.45, 2.75) is 148 Å². The van der Waals surface area contributed by atoms with Crippen molar-refractivity contribution in [3.8, 4) is 45.3 Å². The molecule has 328 valence electrons. The number of ether oxygens (including phenoxy) is 2. The highest BCUT2D eigenvalue weighted by molar-refractivity contribution is 5.90. The van der Waals surface area contributed by atoms with E-state index in [1.165, 1.54) is 60.8 Å². The first kappa shape index (κ1) is 44.0. The van der Waals surface area contributed by atoms with Crippen molar-refractivity contribution in [3.63, 3.8) is 0 Å². The van der Waals surface area contributed by atoms with Gasteiger partial charge in [-0.3, -0.25) is 9.97 Å². The van der Waals surface area contributed by atoms with Gasteiger partial charge in [0.25, 0.3) is 0 Å². The van der Waals surface area contributed by atoms with Crippen LogP contribution in [0.1, 0.15) is 147 Å². The number of aromatic hydroxyl groups is 2. The minimum absolute atomic E-state index is 0.167. The van der Waals surface area contributed by atoms with E-state index in [4.69, 9.17) is 19.4 Å². The van der Waals surface area contributed by atoms with Gasteiger partial charge < -0.3 is 19.7 Å². The van der Waals surface area contributed by atoms with Crippen LogP contribution in [0.5, 0.6) is 23.0 Å². The van der Waals surface area contributed by atoms with Crippen molar-refractivity contribution in [2.24, 2.45) is 0 Å². The number of fused-ring (bicyclic) bond motifs is 2. The Bertz CT molecular complexity index is 2280. The summed E-state index contributed by atoms with van der Waals surface area (Å²) in [6, 6.07) is 19.6. The number of benzene rings is 2. The molecule has 2 aromatic carbocycles. The lowest BCUT2D eigenvalue weighted by Crippen LogP contribution is -2.23. The van der Waals surface area contributed by atoms with Crippen LogP contribution >= 0.6 is 0 Å². The molecule has 2 atom stereocenters. The first-order chi connectivity index (χ1) is 30.8. The van der Waals surface area contributed by atoms with E-state index in [-0.39, 0.29) is 23.7 Å². The summed E-state index contributed by atoms with van der Waals surface area (Å²) >= 11 is 0. The molecule has 2 saturated carbocycles. The Balaban J connectivity index is 1.03. The number of hydrogen-bond acceptors (Lipinski definition) is 6. The minimum Gasteiger partial charge on any atom is -0.505 e. The van der Waals surface area contributed by atoms with Crippen LogP contribution < -0.4 is 9.47 Å². The topological polar surface area (TPSA) is 84.7 Å². The van der Waals surface area contributed by atoms with Crippen molar-refractivity contribution >= 4 is 11.1 Å². The molecule has 0 amide bonds. The van der Waals surface area contributed by atoms with Crippen LogP contribution in [-0.2, 0) is 0 Å². The summed E-state index contributed by atoms with van der Waals surface area (Å²) in [4.78, 5) is 9.68. The second-order valence-corrected chi connectivity index (χ2v) is 18.2.